The predicted molar refractivity (Wildman–Crippen MR) is 48.8 cm³/mol. The normalized spacial score (nSPS) is 17.5. The summed E-state index contributed by atoms with van der Waals surface area (Å²) in [5.41, 5.74) is -0.693. The van der Waals surface area contributed by atoms with E-state index in [0.29, 0.717) is 19.4 Å². The lowest BCUT2D eigenvalue weighted by molar-refractivity contribution is -0.143. The monoisotopic (exact) mass is 201 g/mol. The van der Waals surface area contributed by atoms with E-state index in [1.165, 1.54) is 0 Å². The van der Waals surface area contributed by atoms with Crippen LogP contribution >= 0.6 is 0 Å². The highest BCUT2D eigenvalue weighted by Crippen LogP contribution is 2.45. The summed E-state index contributed by atoms with van der Waals surface area (Å²) in [6.45, 7) is 2.50. The van der Waals surface area contributed by atoms with E-state index >= 15 is 0 Å². The molecule has 5 nitrogen and oxygen atoms in total. The number of carboxylic acid groups (broad SMARTS) is 1. The molecule has 0 unspecified atom stereocenters. The Balaban J connectivity index is 2.20. The molecule has 1 saturated carbocycles. The molecule has 0 aromatic heterocycles. The first-order chi connectivity index (χ1) is 6.60. The van der Waals surface area contributed by atoms with Crippen molar-refractivity contribution in [2.75, 3.05) is 19.8 Å². The highest BCUT2D eigenvalue weighted by atomic mass is 16.5. The van der Waals surface area contributed by atoms with Gasteiger partial charge in [-0.3, -0.25) is 9.59 Å². The van der Waals surface area contributed by atoms with Gasteiger partial charge in [0.2, 0.25) is 5.91 Å². The molecule has 1 aliphatic rings. The van der Waals surface area contributed by atoms with Crippen LogP contribution in [0.1, 0.15) is 19.8 Å². The average molecular weight is 201 g/mol. The number of nitrogens with one attached hydrogen (secondary N) is 1. The van der Waals surface area contributed by atoms with Crippen molar-refractivity contribution >= 4 is 11.9 Å². The Bertz CT molecular complexity index is 235. The van der Waals surface area contributed by atoms with Crippen molar-refractivity contribution in [2.45, 2.75) is 19.8 Å². The van der Waals surface area contributed by atoms with Gasteiger partial charge < -0.3 is 15.2 Å². The van der Waals surface area contributed by atoms with Gasteiger partial charge in [-0.15, -0.1) is 0 Å². The Morgan fingerprint density at radius 1 is 1.50 bits per heavy atom. The summed E-state index contributed by atoms with van der Waals surface area (Å²) in [4.78, 5) is 21.8. The molecule has 0 heterocycles. The van der Waals surface area contributed by atoms with E-state index in [1.54, 1.807) is 6.92 Å². The molecule has 0 aromatic carbocycles. The number of ether oxygens (including phenoxy) is 1. The third-order valence-corrected chi connectivity index (χ3v) is 2.37. The predicted octanol–water partition coefficient (Wildman–Crippen LogP) is 0.00390. The van der Waals surface area contributed by atoms with E-state index < -0.39 is 11.4 Å². The van der Waals surface area contributed by atoms with Gasteiger partial charge in [0, 0.05) is 13.2 Å². The number of amides is 1. The highest BCUT2D eigenvalue weighted by Gasteiger charge is 2.50. The Morgan fingerprint density at radius 2 is 2.14 bits per heavy atom. The van der Waals surface area contributed by atoms with Crippen molar-refractivity contribution in [1.82, 2.24) is 5.32 Å². The summed E-state index contributed by atoms with van der Waals surface area (Å²) in [6, 6.07) is 0. The van der Waals surface area contributed by atoms with Crippen molar-refractivity contribution in [1.29, 1.82) is 0 Å². The van der Waals surface area contributed by atoms with Crippen LogP contribution in [0.2, 0.25) is 0 Å². The van der Waals surface area contributed by atoms with Gasteiger partial charge in [-0.2, -0.15) is 0 Å². The molecule has 0 radical (unpaired) electrons. The fraction of sp³-hybridized carbons (Fsp3) is 0.778. The summed E-state index contributed by atoms with van der Waals surface area (Å²) in [5.74, 6) is -1.08. The van der Waals surface area contributed by atoms with E-state index in [2.05, 4.69) is 5.32 Å². The number of carbonyl (C=O) groups is 2. The number of aliphatic carboxylic acids is 1. The molecule has 80 valence electrons. The van der Waals surface area contributed by atoms with E-state index in [1.807, 2.05) is 0 Å². The van der Waals surface area contributed by atoms with Crippen molar-refractivity contribution in [3.05, 3.63) is 0 Å². The van der Waals surface area contributed by atoms with Crippen LogP contribution in [0.15, 0.2) is 0 Å². The van der Waals surface area contributed by atoms with Gasteiger partial charge in [-0.05, 0) is 19.8 Å². The first-order valence-electron chi connectivity index (χ1n) is 4.68. The molecular weight excluding hydrogens is 186 g/mol. The number of hydrogen-bond donors (Lipinski definition) is 2. The Kier molecular flexibility index (Phi) is 3.46. The first kappa shape index (κ1) is 11.0. The lowest BCUT2D eigenvalue weighted by atomic mass is 10.1. The summed E-state index contributed by atoms with van der Waals surface area (Å²) >= 11 is 0. The van der Waals surface area contributed by atoms with Gasteiger partial charge in [0.05, 0.1) is 5.41 Å². The Labute approximate surface area is 82.4 Å². The van der Waals surface area contributed by atoms with Crippen molar-refractivity contribution in [3.63, 3.8) is 0 Å². The summed E-state index contributed by atoms with van der Waals surface area (Å²) < 4.78 is 4.88. The summed E-state index contributed by atoms with van der Waals surface area (Å²) in [5, 5.41) is 11.4. The van der Waals surface area contributed by atoms with Crippen LogP contribution in [0.5, 0.6) is 0 Å². The second-order valence-corrected chi connectivity index (χ2v) is 3.50. The molecule has 1 rings (SSSR count). The Morgan fingerprint density at radius 3 is 2.57 bits per heavy atom. The van der Waals surface area contributed by atoms with Gasteiger partial charge in [-0.1, -0.05) is 0 Å². The SMILES string of the molecule is CCOCC(=O)NCC1(C(=O)O)CC1. The molecule has 0 aromatic rings. The molecule has 1 aliphatic carbocycles. The number of hydrogen-bond acceptors (Lipinski definition) is 3. The number of rotatable bonds is 6. The minimum Gasteiger partial charge on any atom is -0.481 e. The highest BCUT2D eigenvalue weighted by molar-refractivity contribution is 5.81. The fourth-order valence-corrected chi connectivity index (χ4v) is 1.13. The third-order valence-electron chi connectivity index (χ3n) is 2.37. The maximum absolute atomic E-state index is 11.1. The molecular formula is C9H15NO4. The molecule has 14 heavy (non-hydrogen) atoms. The molecule has 0 spiro atoms. The number of carbonyl (C=O) groups excluding carboxylic acids is 1. The zero-order valence-electron chi connectivity index (χ0n) is 8.21. The molecule has 1 amide bonds. The zero-order valence-corrected chi connectivity index (χ0v) is 8.21. The average Bonchev–Trinajstić information content (AvgIpc) is 2.92. The van der Waals surface area contributed by atoms with E-state index in [4.69, 9.17) is 9.84 Å². The number of carboxylic acids is 1. The van der Waals surface area contributed by atoms with Crippen LogP contribution < -0.4 is 5.32 Å². The molecule has 5 heteroatoms. The van der Waals surface area contributed by atoms with Gasteiger partial charge in [0.25, 0.3) is 0 Å². The van der Waals surface area contributed by atoms with Gasteiger partial charge in [-0.25, -0.2) is 0 Å². The van der Waals surface area contributed by atoms with Crippen molar-refractivity contribution < 1.29 is 19.4 Å². The molecule has 0 atom stereocenters. The van der Waals surface area contributed by atoms with Crippen molar-refractivity contribution in [2.24, 2.45) is 5.41 Å². The van der Waals surface area contributed by atoms with Gasteiger partial charge >= 0.3 is 5.97 Å². The smallest absolute Gasteiger partial charge is 0.311 e. The van der Waals surface area contributed by atoms with Gasteiger partial charge in [0.1, 0.15) is 6.61 Å². The summed E-state index contributed by atoms with van der Waals surface area (Å²) in [7, 11) is 0. The van der Waals surface area contributed by atoms with Gasteiger partial charge in [0.15, 0.2) is 0 Å². The van der Waals surface area contributed by atoms with Crippen molar-refractivity contribution in [3.8, 4) is 0 Å². The summed E-state index contributed by atoms with van der Waals surface area (Å²) in [6.07, 6.45) is 1.30. The van der Waals surface area contributed by atoms with E-state index in [-0.39, 0.29) is 19.1 Å². The molecule has 2 N–H and O–H groups in total. The minimum atomic E-state index is -0.825. The maximum Gasteiger partial charge on any atom is 0.311 e. The van der Waals surface area contributed by atoms with Crippen LogP contribution in [0, 0.1) is 5.41 Å². The van der Waals surface area contributed by atoms with Crippen LogP contribution in [0.3, 0.4) is 0 Å². The molecule has 0 saturated heterocycles. The van der Waals surface area contributed by atoms with Crippen LogP contribution in [0.25, 0.3) is 0 Å². The largest absolute Gasteiger partial charge is 0.481 e. The van der Waals surface area contributed by atoms with Crippen LogP contribution in [-0.2, 0) is 14.3 Å². The second kappa shape index (κ2) is 4.41. The maximum atomic E-state index is 11.1. The first-order valence-corrected chi connectivity index (χ1v) is 4.68. The van der Waals surface area contributed by atoms with E-state index in [9.17, 15) is 9.59 Å². The van der Waals surface area contributed by atoms with Crippen LogP contribution in [-0.4, -0.2) is 36.7 Å². The van der Waals surface area contributed by atoms with E-state index in [0.717, 1.165) is 0 Å². The second-order valence-electron chi connectivity index (χ2n) is 3.50. The minimum absolute atomic E-state index is 0.00615. The molecule has 0 bridgehead atoms. The molecule has 1 fully saturated rings. The standard InChI is InChI=1S/C9H15NO4/c1-2-14-5-7(11)10-6-9(3-4-9)8(12)13/h2-6H2,1H3,(H,10,11)(H,12,13). The Hall–Kier alpha value is -1.10. The van der Waals surface area contributed by atoms with Crippen LogP contribution in [0.4, 0.5) is 0 Å². The lowest BCUT2D eigenvalue weighted by Gasteiger charge is -2.10. The topological polar surface area (TPSA) is 75.6 Å². The zero-order chi connectivity index (χ0) is 10.6. The quantitative estimate of drug-likeness (QED) is 0.634. The molecule has 0 aliphatic heterocycles. The fourth-order valence-electron chi connectivity index (χ4n) is 1.13. The lowest BCUT2D eigenvalue weighted by Crippen LogP contribution is -2.36. The third kappa shape index (κ3) is 2.70.